The quantitative estimate of drug-likeness (QED) is 0.0395. The van der Waals surface area contributed by atoms with Gasteiger partial charge < -0.3 is 61.1 Å². The molecule has 1 fully saturated rings. The third kappa shape index (κ3) is 39.3. The normalized spacial score (nSPS) is 14.8. The number of unbranched alkanes of at least 4 members (excludes halogenated alkanes) is 15. The Labute approximate surface area is 416 Å². The summed E-state index contributed by atoms with van der Waals surface area (Å²) in [6.45, 7) is 4.37. The lowest BCUT2D eigenvalue weighted by molar-refractivity contribution is -0.143. The number of carboxylic acid groups (broad SMARTS) is 2. The molecule has 1 rings (SSSR count). The molecule has 0 radical (unpaired) electrons. The zero-order valence-electron chi connectivity index (χ0n) is 42.4. The molecule has 0 aromatic heterocycles. The van der Waals surface area contributed by atoms with E-state index >= 15 is 0 Å². The lowest BCUT2D eigenvalue weighted by Crippen LogP contribution is -2.45. The summed E-state index contributed by atoms with van der Waals surface area (Å²) >= 11 is 0. The number of hydrogen-bond acceptors (Lipinski definition) is 12. The molecule has 20 nitrogen and oxygen atoms in total. The fraction of sp³-hybridized carbons (Fsp3) is 0.840. The van der Waals surface area contributed by atoms with Crippen molar-refractivity contribution < 1.29 is 67.5 Å². The molecule has 0 aliphatic heterocycles. The number of amides is 6. The van der Waals surface area contributed by atoms with Crippen molar-refractivity contribution in [2.24, 2.45) is 11.8 Å². The second-order valence-corrected chi connectivity index (χ2v) is 18.1. The number of hydrogen-bond donors (Lipinski definition) is 8. The Kier molecular flexibility index (Phi) is 40.5. The van der Waals surface area contributed by atoms with Crippen molar-refractivity contribution in [3.05, 3.63) is 0 Å². The van der Waals surface area contributed by atoms with Gasteiger partial charge in [0.25, 0.3) is 0 Å². The number of rotatable bonds is 47. The highest BCUT2D eigenvalue weighted by atomic mass is 16.5. The highest BCUT2D eigenvalue weighted by Crippen LogP contribution is 2.29. The van der Waals surface area contributed by atoms with E-state index in [-0.39, 0.29) is 126 Å². The maximum atomic E-state index is 13.0. The van der Waals surface area contributed by atoms with Gasteiger partial charge in [0, 0.05) is 64.3 Å². The molecule has 1 unspecified atom stereocenters. The second kappa shape index (κ2) is 44.5. The van der Waals surface area contributed by atoms with Crippen molar-refractivity contribution in [2.45, 2.75) is 173 Å². The molecule has 1 aliphatic rings. The zero-order chi connectivity index (χ0) is 51.3. The molecule has 0 bridgehead atoms. The average molecular weight is 999 g/mol. The summed E-state index contributed by atoms with van der Waals surface area (Å²) in [4.78, 5) is 94.9. The van der Waals surface area contributed by atoms with Gasteiger partial charge in [0.2, 0.25) is 35.4 Å². The van der Waals surface area contributed by atoms with Crippen molar-refractivity contribution >= 4 is 47.4 Å². The van der Waals surface area contributed by atoms with Crippen molar-refractivity contribution in [1.29, 1.82) is 0 Å². The number of nitrogens with one attached hydrogen (secondary N) is 6. The van der Waals surface area contributed by atoms with Gasteiger partial charge in [0.05, 0.1) is 39.6 Å². The summed E-state index contributed by atoms with van der Waals surface area (Å²) in [6, 6.07) is -1.19. The average Bonchev–Trinajstić information content (AvgIpc) is 3.34. The molecule has 1 atom stereocenters. The molecule has 8 N–H and O–H groups in total. The molecule has 1 aliphatic carbocycles. The summed E-state index contributed by atoms with van der Waals surface area (Å²) in [5.41, 5.74) is 0. The third-order valence-corrected chi connectivity index (χ3v) is 12.1. The van der Waals surface area contributed by atoms with Gasteiger partial charge in [-0.15, -0.1) is 0 Å². The van der Waals surface area contributed by atoms with Crippen LogP contribution in [0.3, 0.4) is 0 Å². The van der Waals surface area contributed by atoms with Crippen LogP contribution in [0.5, 0.6) is 0 Å². The fourth-order valence-corrected chi connectivity index (χ4v) is 7.85. The Morgan fingerprint density at radius 1 is 0.457 bits per heavy atom. The lowest BCUT2D eigenvalue weighted by atomic mass is 9.81. The topological polar surface area (TPSA) is 286 Å². The van der Waals surface area contributed by atoms with Gasteiger partial charge in [-0.05, 0) is 50.9 Å². The lowest BCUT2D eigenvalue weighted by Gasteiger charge is -2.28. The number of carboxylic acids is 2. The van der Waals surface area contributed by atoms with Crippen LogP contribution in [0.15, 0.2) is 0 Å². The van der Waals surface area contributed by atoms with Gasteiger partial charge in [0.1, 0.15) is 19.3 Å². The van der Waals surface area contributed by atoms with Crippen LogP contribution in [0.4, 0.5) is 0 Å². The molecule has 1 saturated carbocycles. The Hall–Kier alpha value is -4.40. The van der Waals surface area contributed by atoms with Crippen LogP contribution >= 0.6 is 0 Å². The Morgan fingerprint density at radius 2 is 0.871 bits per heavy atom. The number of carbonyl (C=O) groups is 8. The first-order chi connectivity index (χ1) is 33.9. The summed E-state index contributed by atoms with van der Waals surface area (Å²) in [6.07, 6.45) is 22.5. The van der Waals surface area contributed by atoms with E-state index in [1.807, 2.05) is 0 Å². The molecule has 70 heavy (non-hydrogen) atoms. The van der Waals surface area contributed by atoms with Crippen LogP contribution in [0.1, 0.15) is 167 Å². The smallest absolute Gasteiger partial charge is 0.326 e. The van der Waals surface area contributed by atoms with E-state index in [1.54, 1.807) is 6.92 Å². The summed E-state index contributed by atoms with van der Waals surface area (Å²) in [7, 11) is 0. The molecule has 404 valence electrons. The van der Waals surface area contributed by atoms with Crippen LogP contribution in [0.25, 0.3) is 0 Å². The zero-order valence-corrected chi connectivity index (χ0v) is 42.4. The standard InChI is InChI=1S/C50H90N6O14/c1-2-43(57)51-27-28-52-46(60)38-69-35-34-68-32-30-54-47(61)39-70-36-33-67-31-29-53-45(59)26-25-42(50(65)66)56-49(64)41-23-21-40(22-24-41)37-55-44(58)19-17-15-13-11-9-7-5-3-4-6-8-10-12-14-16-18-20-48(62)63/h40-42H,2-39H2,1H3,(H,51,57)(H,52,60)(H,53,59)(H,54,61)(H,55,58)(H,56,64)(H,62,63)(H,65,66). The second-order valence-electron chi connectivity index (χ2n) is 18.1. The minimum atomic E-state index is -1.20. The van der Waals surface area contributed by atoms with Gasteiger partial charge in [-0.25, -0.2) is 4.79 Å². The van der Waals surface area contributed by atoms with E-state index in [9.17, 15) is 43.5 Å². The highest BCUT2D eigenvalue weighted by Gasteiger charge is 2.30. The number of carbonyl (C=O) groups excluding carboxylic acids is 6. The van der Waals surface area contributed by atoms with E-state index in [2.05, 4.69) is 31.9 Å². The van der Waals surface area contributed by atoms with Gasteiger partial charge in [-0.1, -0.05) is 96.8 Å². The largest absolute Gasteiger partial charge is 0.481 e. The van der Waals surface area contributed by atoms with Gasteiger partial charge >= 0.3 is 11.9 Å². The SMILES string of the molecule is CCC(=O)NCCNC(=O)COCCOCCNC(=O)COCCOCCNC(=O)CCC(NC(=O)C1CCC(CNC(=O)CCCCCCCCCCCCCCCCCCC(=O)O)CC1)C(=O)O. The van der Waals surface area contributed by atoms with Crippen molar-refractivity contribution in [3.63, 3.8) is 0 Å². The molecular formula is C50H90N6O14. The van der Waals surface area contributed by atoms with E-state index < -0.39 is 18.0 Å². The van der Waals surface area contributed by atoms with E-state index in [1.165, 1.54) is 64.2 Å². The predicted octanol–water partition coefficient (Wildman–Crippen LogP) is 4.31. The van der Waals surface area contributed by atoms with Crippen LogP contribution < -0.4 is 31.9 Å². The third-order valence-electron chi connectivity index (χ3n) is 12.1. The van der Waals surface area contributed by atoms with E-state index in [0.717, 1.165) is 51.4 Å². The van der Waals surface area contributed by atoms with Crippen molar-refractivity contribution in [1.82, 2.24) is 31.9 Å². The van der Waals surface area contributed by atoms with E-state index in [0.29, 0.717) is 51.7 Å². The highest BCUT2D eigenvalue weighted by molar-refractivity contribution is 5.86. The number of aliphatic carboxylic acids is 2. The molecule has 0 spiro atoms. The first-order valence-corrected chi connectivity index (χ1v) is 26.3. The Morgan fingerprint density at radius 3 is 1.34 bits per heavy atom. The summed E-state index contributed by atoms with van der Waals surface area (Å²) in [5.74, 6) is -3.27. The van der Waals surface area contributed by atoms with E-state index in [4.69, 9.17) is 24.1 Å². The molecular weight excluding hydrogens is 909 g/mol. The molecule has 20 heteroatoms. The predicted molar refractivity (Wildman–Crippen MR) is 264 cm³/mol. The van der Waals surface area contributed by atoms with Crippen LogP contribution in [-0.2, 0) is 57.3 Å². The molecule has 0 saturated heterocycles. The Balaban J connectivity index is 1.98. The fourth-order valence-electron chi connectivity index (χ4n) is 7.85. The molecule has 0 heterocycles. The summed E-state index contributed by atoms with van der Waals surface area (Å²) in [5, 5.41) is 34.7. The molecule has 0 aromatic carbocycles. The monoisotopic (exact) mass is 999 g/mol. The first kappa shape index (κ1) is 63.6. The van der Waals surface area contributed by atoms with Gasteiger partial charge in [0.15, 0.2) is 0 Å². The van der Waals surface area contributed by atoms with Crippen molar-refractivity contribution in [3.8, 4) is 0 Å². The maximum Gasteiger partial charge on any atom is 0.326 e. The van der Waals surface area contributed by atoms with Crippen LogP contribution in [0.2, 0.25) is 0 Å². The van der Waals surface area contributed by atoms with Gasteiger partial charge in [-0.3, -0.25) is 33.6 Å². The number of ether oxygens (including phenoxy) is 4. The van der Waals surface area contributed by atoms with Crippen LogP contribution in [-0.4, -0.2) is 149 Å². The van der Waals surface area contributed by atoms with Gasteiger partial charge in [-0.2, -0.15) is 0 Å². The molecule has 0 aromatic rings. The Bertz CT molecular complexity index is 1450. The minimum absolute atomic E-state index is 0.0567. The van der Waals surface area contributed by atoms with Crippen LogP contribution in [0, 0.1) is 11.8 Å². The van der Waals surface area contributed by atoms with Crippen molar-refractivity contribution in [2.75, 3.05) is 85.6 Å². The minimum Gasteiger partial charge on any atom is -0.481 e. The first-order valence-electron chi connectivity index (χ1n) is 26.3. The summed E-state index contributed by atoms with van der Waals surface area (Å²) < 4.78 is 21.3. The maximum absolute atomic E-state index is 13.0. The molecule has 6 amide bonds.